The first-order valence-electron chi connectivity index (χ1n) is 5.81. The first-order chi connectivity index (χ1) is 9.43. The van der Waals surface area contributed by atoms with Crippen LogP contribution in [-0.2, 0) is 0 Å². The molecule has 2 rings (SSSR count). The summed E-state index contributed by atoms with van der Waals surface area (Å²) in [5, 5.41) is 13.4. The summed E-state index contributed by atoms with van der Waals surface area (Å²) in [5.74, 6) is -1.64. The number of furan rings is 1. The van der Waals surface area contributed by atoms with Gasteiger partial charge < -0.3 is 9.73 Å². The molecule has 1 N–H and O–H groups in total. The van der Waals surface area contributed by atoms with E-state index in [1.165, 1.54) is 25.1 Å². The molecule has 1 aromatic heterocycles. The van der Waals surface area contributed by atoms with E-state index in [9.17, 15) is 18.9 Å². The summed E-state index contributed by atoms with van der Waals surface area (Å²) in [6, 6.07) is 3.97. The van der Waals surface area contributed by atoms with Crippen molar-refractivity contribution in [3.63, 3.8) is 0 Å². The zero-order valence-electron chi connectivity index (χ0n) is 10.8. The number of hydrogen-bond acceptors (Lipinski definition) is 4. The predicted molar refractivity (Wildman–Crippen MR) is 67.4 cm³/mol. The van der Waals surface area contributed by atoms with Crippen molar-refractivity contribution in [2.75, 3.05) is 7.05 Å². The van der Waals surface area contributed by atoms with Gasteiger partial charge in [0, 0.05) is 11.6 Å². The summed E-state index contributed by atoms with van der Waals surface area (Å²) in [7, 11) is 1.55. The fraction of sp³-hybridized carbons (Fsp3) is 0.231. The molecule has 0 bridgehead atoms. The van der Waals surface area contributed by atoms with Crippen molar-refractivity contribution in [1.29, 1.82) is 0 Å². The SMILES string of the molecule is CNC(c1ccc([N+](=O)[O-])o1)c1cc(C)c(F)cc1F. The van der Waals surface area contributed by atoms with Crippen LogP contribution in [0, 0.1) is 28.7 Å². The highest BCUT2D eigenvalue weighted by molar-refractivity contribution is 5.34. The number of halogens is 2. The Morgan fingerprint density at radius 1 is 1.30 bits per heavy atom. The topological polar surface area (TPSA) is 68.3 Å². The Labute approximate surface area is 113 Å². The van der Waals surface area contributed by atoms with Crippen LogP contribution >= 0.6 is 0 Å². The van der Waals surface area contributed by atoms with Gasteiger partial charge in [0.15, 0.2) is 0 Å². The quantitative estimate of drug-likeness (QED) is 0.691. The molecule has 0 aliphatic carbocycles. The molecule has 5 nitrogen and oxygen atoms in total. The largest absolute Gasteiger partial charge is 0.433 e. The molecule has 1 aromatic carbocycles. The first-order valence-corrected chi connectivity index (χ1v) is 5.81. The summed E-state index contributed by atoms with van der Waals surface area (Å²) in [5.41, 5.74) is 0.443. The molecule has 2 aromatic rings. The summed E-state index contributed by atoms with van der Waals surface area (Å²) in [4.78, 5) is 9.92. The highest BCUT2D eigenvalue weighted by atomic mass is 19.1. The average molecular weight is 282 g/mol. The second kappa shape index (κ2) is 5.38. The van der Waals surface area contributed by atoms with E-state index in [0.717, 1.165) is 6.07 Å². The predicted octanol–water partition coefficient (Wildman–Crippen LogP) is 3.08. The van der Waals surface area contributed by atoms with Gasteiger partial charge in [-0.3, -0.25) is 10.1 Å². The Morgan fingerprint density at radius 2 is 2.00 bits per heavy atom. The molecule has 1 atom stereocenters. The summed E-state index contributed by atoms with van der Waals surface area (Å²) in [6.45, 7) is 1.51. The third-order valence-electron chi connectivity index (χ3n) is 2.95. The Hall–Kier alpha value is -2.28. The van der Waals surface area contributed by atoms with Crippen molar-refractivity contribution in [3.8, 4) is 0 Å². The number of hydrogen-bond donors (Lipinski definition) is 1. The Balaban J connectivity index is 2.46. The Morgan fingerprint density at radius 3 is 2.55 bits per heavy atom. The Bertz CT molecular complexity index is 655. The van der Waals surface area contributed by atoms with Crippen LogP contribution in [0.25, 0.3) is 0 Å². The molecule has 0 fully saturated rings. The molecule has 20 heavy (non-hydrogen) atoms. The number of nitro groups is 1. The van der Waals surface area contributed by atoms with Gasteiger partial charge in [-0.05, 0) is 31.7 Å². The molecular formula is C13H12F2N2O3. The van der Waals surface area contributed by atoms with Gasteiger partial charge in [-0.15, -0.1) is 0 Å². The standard InChI is InChI=1S/C13H12F2N2O3/c1-7-5-8(10(15)6-9(7)14)13(16-2)11-3-4-12(20-11)17(18)19/h3-6,13,16H,1-2H3. The van der Waals surface area contributed by atoms with Crippen LogP contribution in [0.2, 0.25) is 0 Å². The van der Waals surface area contributed by atoms with Crippen LogP contribution in [0.15, 0.2) is 28.7 Å². The molecule has 1 unspecified atom stereocenters. The molecule has 0 aliphatic rings. The van der Waals surface area contributed by atoms with E-state index < -0.39 is 28.5 Å². The summed E-state index contributed by atoms with van der Waals surface area (Å²) < 4.78 is 32.2. The van der Waals surface area contributed by atoms with Crippen molar-refractivity contribution in [2.24, 2.45) is 0 Å². The molecule has 106 valence electrons. The highest BCUT2D eigenvalue weighted by Crippen LogP contribution is 2.29. The van der Waals surface area contributed by atoms with E-state index in [-0.39, 0.29) is 16.9 Å². The number of benzene rings is 1. The van der Waals surface area contributed by atoms with Gasteiger partial charge in [0.1, 0.15) is 22.3 Å². The van der Waals surface area contributed by atoms with Gasteiger partial charge >= 0.3 is 5.88 Å². The lowest BCUT2D eigenvalue weighted by Crippen LogP contribution is -2.18. The van der Waals surface area contributed by atoms with E-state index in [1.54, 1.807) is 7.05 Å². The zero-order valence-corrected chi connectivity index (χ0v) is 10.8. The number of rotatable bonds is 4. The second-order valence-corrected chi connectivity index (χ2v) is 4.28. The number of aryl methyl sites for hydroxylation is 1. The van der Waals surface area contributed by atoms with E-state index in [4.69, 9.17) is 4.42 Å². The monoisotopic (exact) mass is 282 g/mol. The van der Waals surface area contributed by atoms with E-state index >= 15 is 0 Å². The van der Waals surface area contributed by atoms with Crippen molar-refractivity contribution >= 4 is 5.88 Å². The third kappa shape index (κ3) is 2.53. The average Bonchev–Trinajstić information content (AvgIpc) is 2.86. The van der Waals surface area contributed by atoms with Crippen LogP contribution in [-0.4, -0.2) is 12.0 Å². The van der Waals surface area contributed by atoms with Gasteiger partial charge in [0.2, 0.25) is 0 Å². The minimum Gasteiger partial charge on any atom is -0.404 e. The van der Waals surface area contributed by atoms with Gasteiger partial charge in [0.25, 0.3) is 0 Å². The lowest BCUT2D eigenvalue weighted by Gasteiger charge is -2.15. The second-order valence-electron chi connectivity index (χ2n) is 4.28. The van der Waals surface area contributed by atoms with Crippen molar-refractivity contribution in [1.82, 2.24) is 5.32 Å². The zero-order chi connectivity index (χ0) is 14.9. The van der Waals surface area contributed by atoms with Crippen LogP contribution in [0.4, 0.5) is 14.7 Å². The fourth-order valence-electron chi connectivity index (χ4n) is 1.95. The van der Waals surface area contributed by atoms with Crippen molar-refractivity contribution in [2.45, 2.75) is 13.0 Å². The van der Waals surface area contributed by atoms with Crippen molar-refractivity contribution in [3.05, 3.63) is 62.9 Å². The molecular weight excluding hydrogens is 270 g/mol. The van der Waals surface area contributed by atoms with Crippen LogP contribution < -0.4 is 5.32 Å². The van der Waals surface area contributed by atoms with Crippen LogP contribution in [0.3, 0.4) is 0 Å². The van der Waals surface area contributed by atoms with Crippen molar-refractivity contribution < 1.29 is 18.1 Å². The number of nitrogens with zero attached hydrogens (tertiary/aromatic N) is 1. The van der Waals surface area contributed by atoms with E-state index in [2.05, 4.69) is 5.32 Å². The maximum absolute atomic E-state index is 13.9. The normalized spacial score (nSPS) is 12.4. The summed E-state index contributed by atoms with van der Waals surface area (Å²) in [6.07, 6.45) is 0. The fourth-order valence-corrected chi connectivity index (χ4v) is 1.95. The minimum atomic E-state index is -0.744. The molecule has 0 saturated carbocycles. The van der Waals surface area contributed by atoms with E-state index in [1.807, 2.05) is 0 Å². The van der Waals surface area contributed by atoms with Gasteiger partial charge in [-0.1, -0.05) is 0 Å². The maximum atomic E-state index is 13.9. The molecule has 0 spiro atoms. The third-order valence-corrected chi connectivity index (χ3v) is 2.95. The lowest BCUT2D eigenvalue weighted by atomic mass is 10.0. The maximum Gasteiger partial charge on any atom is 0.433 e. The summed E-state index contributed by atoms with van der Waals surface area (Å²) >= 11 is 0. The smallest absolute Gasteiger partial charge is 0.404 e. The molecule has 7 heteroatoms. The van der Waals surface area contributed by atoms with Gasteiger partial charge in [0.05, 0.1) is 12.1 Å². The molecule has 0 aliphatic heterocycles. The van der Waals surface area contributed by atoms with Crippen LogP contribution in [0.5, 0.6) is 0 Å². The molecule has 0 amide bonds. The Kier molecular flexibility index (Phi) is 3.80. The van der Waals surface area contributed by atoms with Gasteiger partial charge in [-0.25, -0.2) is 8.78 Å². The first kappa shape index (κ1) is 14.1. The molecule has 0 saturated heterocycles. The highest BCUT2D eigenvalue weighted by Gasteiger charge is 2.23. The van der Waals surface area contributed by atoms with Gasteiger partial charge in [-0.2, -0.15) is 0 Å². The molecule has 1 heterocycles. The minimum absolute atomic E-state index is 0.163. The molecule has 0 radical (unpaired) electrons. The number of nitrogens with one attached hydrogen (secondary N) is 1. The van der Waals surface area contributed by atoms with Crippen LogP contribution in [0.1, 0.15) is 22.9 Å². The van der Waals surface area contributed by atoms with E-state index in [0.29, 0.717) is 0 Å². The lowest BCUT2D eigenvalue weighted by molar-refractivity contribution is -0.402.